The number of likely N-dealkylation sites (tertiary alicyclic amines) is 1. The topological polar surface area (TPSA) is 54.5 Å². The third kappa shape index (κ3) is 4.20. The van der Waals surface area contributed by atoms with Gasteiger partial charge < -0.3 is 15.0 Å². The van der Waals surface area contributed by atoms with Crippen LogP contribution >= 0.6 is 0 Å². The second-order valence-corrected chi connectivity index (χ2v) is 5.17. The molecule has 1 saturated heterocycles. The smallest absolute Gasteiger partial charge is 0.409 e. The first-order chi connectivity index (χ1) is 9.69. The third-order valence-electron chi connectivity index (χ3n) is 3.57. The first-order valence-electron chi connectivity index (χ1n) is 7.25. The van der Waals surface area contributed by atoms with Gasteiger partial charge in [-0.05, 0) is 38.3 Å². The largest absolute Gasteiger partial charge is 0.450 e. The van der Waals surface area contributed by atoms with E-state index in [9.17, 15) is 4.79 Å². The quantitative estimate of drug-likeness (QED) is 0.915. The van der Waals surface area contributed by atoms with Crippen LogP contribution < -0.4 is 5.32 Å². The van der Waals surface area contributed by atoms with E-state index >= 15 is 0 Å². The lowest BCUT2D eigenvalue weighted by molar-refractivity contribution is 0.0949. The highest BCUT2D eigenvalue weighted by Crippen LogP contribution is 2.12. The average molecular weight is 277 g/mol. The summed E-state index contributed by atoms with van der Waals surface area (Å²) in [4.78, 5) is 17.8. The summed E-state index contributed by atoms with van der Waals surface area (Å²) in [6.07, 6.45) is 3.63. The van der Waals surface area contributed by atoms with Gasteiger partial charge in [0.2, 0.25) is 0 Å². The number of hydrogen-bond donors (Lipinski definition) is 1. The maximum Gasteiger partial charge on any atom is 0.409 e. The van der Waals surface area contributed by atoms with Crippen LogP contribution in [0, 0.1) is 6.92 Å². The molecule has 0 saturated carbocycles. The predicted octanol–water partition coefficient (Wildman–Crippen LogP) is 2.10. The molecule has 0 aliphatic carbocycles. The Morgan fingerprint density at radius 1 is 1.45 bits per heavy atom. The first kappa shape index (κ1) is 14.8. The van der Waals surface area contributed by atoms with Gasteiger partial charge in [-0.25, -0.2) is 4.79 Å². The molecule has 1 aliphatic rings. The van der Waals surface area contributed by atoms with Crippen molar-refractivity contribution in [3.8, 4) is 0 Å². The summed E-state index contributed by atoms with van der Waals surface area (Å²) in [5.41, 5.74) is 2.24. The number of hydrogen-bond acceptors (Lipinski definition) is 4. The van der Waals surface area contributed by atoms with Crippen LogP contribution in [0.15, 0.2) is 18.3 Å². The standard InChI is InChI=1S/C15H23N3O2/c1-3-20-15(19)18-8-6-13(7-9-18)17-11-14-5-4-12(2)10-16-14/h4-5,10,13,17H,3,6-9,11H2,1-2H3. The normalized spacial score (nSPS) is 16.2. The Balaban J connectivity index is 1.72. The number of aryl methyl sites for hydroxylation is 1. The van der Waals surface area contributed by atoms with E-state index < -0.39 is 0 Å². The third-order valence-corrected chi connectivity index (χ3v) is 3.57. The Labute approximate surface area is 120 Å². The van der Waals surface area contributed by atoms with Crippen molar-refractivity contribution in [2.24, 2.45) is 0 Å². The van der Waals surface area contributed by atoms with Crippen LogP contribution in [0.1, 0.15) is 31.0 Å². The fourth-order valence-electron chi connectivity index (χ4n) is 2.33. The molecule has 0 bridgehead atoms. The van der Waals surface area contributed by atoms with Crippen molar-refractivity contribution >= 4 is 6.09 Å². The molecule has 1 amide bonds. The van der Waals surface area contributed by atoms with Gasteiger partial charge in [0.05, 0.1) is 12.3 Å². The molecular formula is C15H23N3O2. The molecule has 1 aliphatic heterocycles. The van der Waals surface area contributed by atoms with Gasteiger partial charge in [-0.3, -0.25) is 4.98 Å². The van der Waals surface area contributed by atoms with Crippen molar-refractivity contribution in [2.45, 2.75) is 39.3 Å². The number of aromatic nitrogens is 1. The highest BCUT2D eigenvalue weighted by molar-refractivity contribution is 5.67. The van der Waals surface area contributed by atoms with Crippen molar-refractivity contribution in [3.63, 3.8) is 0 Å². The molecule has 5 heteroatoms. The fourth-order valence-corrected chi connectivity index (χ4v) is 2.33. The minimum absolute atomic E-state index is 0.189. The van der Waals surface area contributed by atoms with E-state index in [0.717, 1.165) is 38.2 Å². The van der Waals surface area contributed by atoms with Gasteiger partial charge in [0.25, 0.3) is 0 Å². The number of nitrogens with zero attached hydrogens (tertiary/aromatic N) is 2. The second-order valence-electron chi connectivity index (χ2n) is 5.17. The number of rotatable bonds is 4. The number of pyridine rings is 1. The number of nitrogens with one attached hydrogen (secondary N) is 1. The van der Waals surface area contributed by atoms with Gasteiger partial charge in [0, 0.05) is 31.9 Å². The molecule has 20 heavy (non-hydrogen) atoms. The van der Waals surface area contributed by atoms with Crippen molar-refractivity contribution in [2.75, 3.05) is 19.7 Å². The average Bonchev–Trinajstić information content (AvgIpc) is 2.47. The Bertz CT molecular complexity index is 425. The van der Waals surface area contributed by atoms with Crippen LogP contribution in [-0.2, 0) is 11.3 Å². The number of ether oxygens (including phenoxy) is 1. The van der Waals surface area contributed by atoms with Crippen LogP contribution in [0.3, 0.4) is 0 Å². The lowest BCUT2D eigenvalue weighted by Crippen LogP contribution is -2.45. The molecule has 110 valence electrons. The molecule has 0 unspecified atom stereocenters. The fraction of sp³-hybridized carbons (Fsp3) is 0.600. The Kier molecular flexibility index (Phi) is 5.35. The molecule has 1 fully saturated rings. The van der Waals surface area contributed by atoms with Crippen molar-refractivity contribution in [1.29, 1.82) is 0 Å². The van der Waals surface area contributed by atoms with Gasteiger partial charge in [-0.15, -0.1) is 0 Å². The molecule has 1 N–H and O–H groups in total. The summed E-state index contributed by atoms with van der Waals surface area (Å²) in [7, 11) is 0. The van der Waals surface area contributed by atoms with Crippen LogP contribution in [0.25, 0.3) is 0 Å². The van der Waals surface area contributed by atoms with Gasteiger partial charge in [0.1, 0.15) is 0 Å². The molecule has 0 radical (unpaired) electrons. The zero-order valence-corrected chi connectivity index (χ0v) is 12.3. The monoisotopic (exact) mass is 277 g/mol. The van der Waals surface area contributed by atoms with E-state index in [2.05, 4.69) is 22.4 Å². The highest BCUT2D eigenvalue weighted by Gasteiger charge is 2.23. The van der Waals surface area contributed by atoms with Crippen LogP contribution in [0.2, 0.25) is 0 Å². The molecule has 1 aromatic heterocycles. The van der Waals surface area contributed by atoms with Crippen molar-refractivity contribution in [1.82, 2.24) is 15.2 Å². The molecule has 0 atom stereocenters. The molecule has 1 aromatic rings. The number of carbonyl (C=O) groups excluding carboxylic acids is 1. The summed E-state index contributed by atoms with van der Waals surface area (Å²) in [6, 6.07) is 4.58. The minimum Gasteiger partial charge on any atom is -0.450 e. The second kappa shape index (κ2) is 7.24. The van der Waals surface area contributed by atoms with E-state index in [1.165, 1.54) is 5.56 Å². The van der Waals surface area contributed by atoms with E-state index in [1.54, 1.807) is 4.90 Å². The van der Waals surface area contributed by atoms with E-state index in [4.69, 9.17) is 4.74 Å². The zero-order chi connectivity index (χ0) is 14.4. The Morgan fingerprint density at radius 3 is 2.80 bits per heavy atom. The molecule has 2 rings (SSSR count). The lowest BCUT2D eigenvalue weighted by Gasteiger charge is -2.31. The maximum atomic E-state index is 11.6. The summed E-state index contributed by atoms with van der Waals surface area (Å²) < 4.78 is 5.01. The summed E-state index contributed by atoms with van der Waals surface area (Å²) >= 11 is 0. The zero-order valence-electron chi connectivity index (χ0n) is 12.3. The van der Waals surface area contributed by atoms with Crippen LogP contribution in [0.5, 0.6) is 0 Å². The van der Waals surface area contributed by atoms with Crippen molar-refractivity contribution in [3.05, 3.63) is 29.6 Å². The van der Waals surface area contributed by atoms with E-state index in [-0.39, 0.29) is 6.09 Å². The van der Waals surface area contributed by atoms with Gasteiger partial charge in [0.15, 0.2) is 0 Å². The Hall–Kier alpha value is -1.62. The number of amides is 1. The maximum absolute atomic E-state index is 11.6. The van der Waals surface area contributed by atoms with E-state index in [1.807, 2.05) is 20.0 Å². The van der Waals surface area contributed by atoms with E-state index in [0.29, 0.717) is 12.6 Å². The molecule has 0 aromatic carbocycles. The minimum atomic E-state index is -0.189. The number of piperidine rings is 1. The van der Waals surface area contributed by atoms with Crippen LogP contribution in [0.4, 0.5) is 4.79 Å². The van der Waals surface area contributed by atoms with Crippen LogP contribution in [-0.4, -0.2) is 41.7 Å². The summed E-state index contributed by atoms with van der Waals surface area (Å²) in [6.45, 7) is 6.62. The Morgan fingerprint density at radius 2 is 2.20 bits per heavy atom. The summed E-state index contributed by atoms with van der Waals surface area (Å²) in [5.74, 6) is 0. The highest BCUT2D eigenvalue weighted by atomic mass is 16.6. The SMILES string of the molecule is CCOC(=O)N1CCC(NCc2ccc(C)cn2)CC1. The predicted molar refractivity (Wildman–Crippen MR) is 77.4 cm³/mol. The summed E-state index contributed by atoms with van der Waals surface area (Å²) in [5, 5.41) is 3.51. The lowest BCUT2D eigenvalue weighted by atomic mass is 10.1. The van der Waals surface area contributed by atoms with Crippen molar-refractivity contribution < 1.29 is 9.53 Å². The molecular weight excluding hydrogens is 254 g/mol. The molecule has 2 heterocycles. The first-order valence-corrected chi connectivity index (χ1v) is 7.25. The van der Waals surface area contributed by atoms with Gasteiger partial charge >= 0.3 is 6.09 Å². The molecule has 5 nitrogen and oxygen atoms in total. The van der Waals surface area contributed by atoms with Gasteiger partial charge in [-0.2, -0.15) is 0 Å². The molecule has 0 spiro atoms. The van der Waals surface area contributed by atoms with Gasteiger partial charge in [-0.1, -0.05) is 6.07 Å². The number of carbonyl (C=O) groups is 1.